The number of ether oxygens (including phenoxy) is 3. The van der Waals surface area contributed by atoms with Gasteiger partial charge in [0.25, 0.3) is 0 Å². The molecule has 1 aliphatic heterocycles. The summed E-state index contributed by atoms with van der Waals surface area (Å²) in [6, 6.07) is 13.3. The highest BCUT2D eigenvalue weighted by Crippen LogP contribution is 2.35. The van der Waals surface area contributed by atoms with Crippen molar-refractivity contribution in [2.45, 2.75) is 9.92 Å². The average Bonchev–Trinajstić information content (AvgIpc) is 3.26. The maximum absolute atomic E-state index is 13.4. The van der Waals surface area contributed by atoms with E-state index in [2.05, 4.69) is 4.98 Å². The maximum Gasteiger partial charge on any atom is 0.236 e. The van der Waals surface area contributed by atoms with Crippen LogP contribution >= 0.6 is 0 Å². The molecule has 0 atom stereocenters. The molecule has 0 radical (unpaired) electrons. The molecule has 30 heavy (non-hydrogen) atoms. The Labute approximate surface area is 174 Å². The predicted octanol–water partition coefficient (Wildman–Crippen LogP) is 3.03. The second-order valence-corrected chi connectivity index (χ2v) is 8.50. The Morgan fingerprint density at radius 1 is 0.900 bits per heavy atom. The third kappa shape index (κ3) is 3.86. The van der Waals surface area contributed by atoms with E-state index in [0.717, 1.165) is 0 Å². The third-order valence-electron chi connectivity index (χ3n) is 4.84. The van der Waals surface area contributed by atoms with E-state index < -0.39 is 9.84 Å². The Kier molecular flexibility index (Phi) is 5.65. The number of methoxy groups -OCH3 is 2. The monoisotopic (exact) mass is 430 g/mol. The van der Waals surface area contributed by atoms with Gasteiger partial charge in [0.05, 0.1) is 32.3 Å². The minimum atomic E-state index is -3.91. The van der Waals surface area contributed by atoms with Crippen molar-refractivity contribution >= 4 is 15.7 Å². The average molecular weight is 430 g/mol. The summed E-state index contributed by atoms with van der Waals surface area (Å²) in [7, 11) is -0.805. The van der Waals surface area contributed by atoms with Crippen LogP contribution in [0.25, 0.3) is 11.5 Å². The van der Waals surface area contributed by atoms with Crippen LogP contribution in [-0.4, -0.2) is 53.9 Å². The number of hydrogen-bond acceptors (Lipinski definition) is 8. The second kappa shape index (κ2) is 8.37. The van der Waals surface area contributed by atoms with Crippen LogP contribution < -0.4 is 14.4 Å². The first-order valence-corrected chi connectivity index (χ1v) is 10.9. The summed E-state index contributed by atoms with van der Waals surface area (Å²) in [6.07, 6.45) is 0. The molecule has 2 aromatic carbocycles. The summed E-state index contributed by atoms with van der Waals surface area (Å²) in [6.45, 7) is 2.01. The Morgan fingerprint density at radius 2 is 1.47 bits per heavy atom. The molecule has 1 aliphatic rings. The van der Waals surface area contributed by atoms with E-state index in [0.29, 0.717) is 43.4 Å². The molecule has 0 saturated carbocycles. The van der Waals surface area contributed by atoms with Crippen LogP contribution in [0.3, 0.4) is 0 Å². The number of aromatic nitrogens is 1. The number of anilines is 1. The summed E-state index contributed by atoms with van der Waals surface area (Å²) < 4.78 is 48.5. The molecule has 9 heteroatoms. The Morgan fingerprint density at radius 3 is 2.03 bits per heavy atom. The molecular formula is C21H22N2O6S. The fourth-order valence-corrected chi connectivity index (χ4v) is 4.48. The fourth-order valence-electron chi connectivity index (χ4n) is 3.16. The van der Waals surface area contributed by atoms with Gasteiger partial charge in [-0.05, 0) is 48.5 Å². The lowest BCUT2D eigenvalue weighted by Gasteiger charge is -2.26. The van der Waals surface area contributed by atoms with Gasteiger partial charge in [-0.3, -0.25) is 0 Å². The van der Waals surface area contributed by atoms with E-state index >= 15 is 0 Å². The van der Waals surface area contributed by atoms with E-state index in [-0.39, 0.29) is 21.7 Å². The summed E-state index contributed by atoms with van der Waals surface area (Å²) in [5.41, 5.74) is 0.654. The number of sulfone groups is 1. The summed E-state index contributed by atoms with van der Waals surface area (Å²) in [4.78, 5) is 6.36. The number of oxazole rings is 1. The van der Waals surface area contributed by atoms with Gasteiger partial charge in [-0.1, -0.05) is 0 Å². The van der Waals surface area contributed by atoms with E-state index in [4.69, 9.17) is 18.6 Å². The molecular weight excluding hydrogens is 408 g/mol. The van der Waals surface area contributed by atoms with Crippen molar-refractivity contribution in [3.63, 3.8) is 0 Å². The van der Waals surface area contributed by atoms with Crippen LogP contribution in [0.15, 0.2) is 62.9 Å². The highest BCUT2D eigenvalue weighted by molar-refractivity contribution is 7.91. The molecule has 4 rings (SSSR count). The molecule has 2 heterocycles. The van der Waals surface area contributed by atoms with Crippen LogP contribution in [0.1, 0.15) is 0 Å². The zero-order chi connectivity index (χ0) is 21.1. The normalized spacial score (nSPS) is 14.5. The van der Waals surface area contributed by atoms with Crippen LogP contribution in [0.2, 0.25) is 0 Å². The molecule has 0 bridgehead atoms. The Hall–Kier alpha value is -3.04. The quantitative estimate of drug-likeness (QED) is 0.589. The van der Waals surface area contributed by atoms with Crippen molar-refractivity contribution in [1.29, 1.82) is 0 Å². The van der Waals surface area contributed by atoms with Gasteiger partial charge in [0, 0.05) is 18.7 Å². The molecule has 0 amide bonds. The highest BCUT2D eigenvalue weighted by Gasteiger charge is 2.32. The van der Waals surface area contributed by atoms with Crippen molar-refractivity contribution < 1.29 is 27.0 Å². The molecule has 0 spiro atoms. The van der Waals surface area contributed by atoms with Crippen LogP contribution in [0, 0.1) is 0 Å². The topological polar surface area (TPSA) is 91.1 Å². The summed E-state index contributed by atoms with van der Waals surface area (Å²) in [5.74, 6) is 1.71. The van der Waals surface area contributed by atoms with Crippen LogP contribution in [-0.2, 0) is 14.6 Å². The van der Waals surface area contributed by atoms with Gasteiger partial charge in [-0.25, -0.2) is 8.42 Å². The minimum Gasteiger partial charge on any atom is -0.497 e. The zero-order valence-electron chi connectivity index (χ0n) is 16.7. The summed E-state index contributed by atoms with van der Waals surface area (Å²) in [5, 5.41) is -0.111. The predicted molar refractivity (Wildman–Crippen MR) is 110 cm³/mol. The lowest BCUT2D eigenvalue weighted by molar-refractivity contribution is 0.120. The van der Waals surface area contributed by atoms with Crippen molar-refractivity contribution in [2.24, 2.45) is 0 Å². The molecule has 1 saturated heterocycles. The molecule has 3 aromatic rings. The molecule has 8 nitrogen and oxygen atoms in total. The van der Waals surface area contributed by atoms with E-state index in [1.165, 1.54) is 19.2 Å². The van der Waals surface area contributed by atoms with E-state index in [1.807, 2.05) is 4.90 Å². The van der Waals surface area contributed by atoms with Crippen molar-refractivity contribution in [1.82, 2.24) is 4.98 Å². The lowest BCUT2D eigenvalue weighted by atomic mass is 10.2. The van der Waals surface area contributed by atoms with Gasteiger partial charge in [-0.2, -0.15) is 4.98 Å². The first-order chi connectivity index (χ1) is 14.5. The smallest absolute Gasteiger partial charge is 0.236 e. The van der Waals surface area contributed by atoms with Gasteiger partial charge in [-0.15, -0.1) is 0 Å². The Balaban J connectivity index is 1.80. The molecule has 1 fully saturated rings. The number of rotatable bonds is 6. The molecule has 0 unspecified atom stereocenters. The summed E-state index contributed by atoms with van der Waals surface area (Å²) >= 11 is 0. The molecule has 0 N–H and O–H groups in total. The number of hydrogen-bond donors (Lipinski definition) is 0. The number of morpholine rings is 1. The number of benzene rings is 2. The van der Waals surface area contributed by atoms with Crippen molar-refractivity contribution in [3.8, 4) is 23.0 Å². The standard InChI is InChI=1S/C21H22N2O6S/c1-26-16-5-3-15(4-6-16)19-22-20(21(29-19)23-11-13-28-14-12-23)30(24,25)18-9-7-17(27-2)8-10-18/h3-10H,11-14H2,1-2H3. The first kappa shape index (κ1) is 20.2. The lowest BCUT2D eigenvalue weighted by Crippen LogP contribution is -2.36. The first-order valence-electron chi connectivity index (χ1n) is 9.40. The van der Waals surface area contributed by atoms with Crippen molar-refractivity contribution in [3.05, 3.63) is 48.5 Å². The maximum atomic E-state index is 13.4. The van der Waals surface area contributed by atoms with E-state index in [1.54, 1.807) is 43.5 Å². The third-order valence-corrected chi connectivity index (χ3v) is 6.51. The van der Waals surface area contributed by atoms with Gasteiger partial charge >= 0.3 is 0 Å². The second-order valence-electron chi connectivity index (χ2n) is 6.64. The van der Waals surface area contributed by atoms with Gasteiger partial charge in [0.15, 0.2) is 0 Å². The SMILES string of the molecule is COc1ccc(-c2nc(S(=O)(=O)c3ccc(OC)cc3)c(N3CCOCC3)o2)cc1. The van der Waals surface area contributed by atoms with Crippen LogP contribution in [0.4, 0.5) is 5.88 Å². The molecule has 1 aromatic heterocycles. The molecule has 158 valence electrons. The minimum absolute atomic E-state index is 0.111. The zero-order valence-corrected chi connectivity index (χ0v) is 17.5. The fraction of sp³-hybridized carbons (Fsp3) is 0.286. The van der Waals surface area contributed by atoms with Gasteiger partial charge in [0.2, 0.25) is 26.6 Å². The largest absolute Gasteiger partial charge is 0.497 e. The van der Waals surface area contributed by atoms with Gasteiger partial charge in [0.1, 0.15) is 11.5 Å². The van der Waals surface area contributed by atoms with Gasteiger partial charge < -0.3 is 23.5 Å². The van der Waals surface area contributed by atoms with Crippen LogP contribution in [0.5, 0.6) is 11.5 Å². The van der Waals surface area contributed by atoms with Crippen molar-refractivity contribution in [2.75, 3.05) is 45.4 Å². The Bertz CT molecular complexity index is 1100. The molecule has 0 aliphatic carbocycles. The van der Waals surface area contributed by atoms with E-state index in [9.17, 15) is 8.42 Å². The number of nitrogens with zero attached hydrogens (tertiary/aromatic N) is 2. The highest BCUT2D eigenvalue weighted by atomic mass is 32.2.